The molecule has 0 saturated carbocycles. The van der Waals surface area contributed by atoms with Crippen molar-refractivity contribution in [3.8, 4) is 11.1 Å². The monoisotopic (exact) mass is 510 g/mol. The van der Waals surface area contributed by atoms with Crippen LogP contribution in [-0.4, -0.2) is 19.0 Å². The molecule has 4 aromatic rings. The molecule has 194 valence electrons. The molecule has 0 spiro atoms. The summed E-state index contributed by atoms with van der Waals surface area (Å²) in [6, 6.07) is 34.7. The fraction of sp³-hybridized carbons (Fsp3) is 0.0857. The number of nitrogen functional groups attached to an aromatic ring is 1. The van der Waals surface area contributed by atoms with Gasteiger partial charge in [-0.2, -0.15) is 0 Å². The highest BCUT2D eigenvalue weighted by Crippen LogP contribution is 2.28. The maximum atomic E-state index is 6.34. The van der Waals surface area contributed by atoms with Gasteiger partial charge in [-0.3, -0.25) is 9.98 Å². The van der Waals surface area contributed by atoms with Gasteiger partial charge in [-0.25, -0.2) is 0 Å². The van der Waals surface area contributed by atoms with Crippen LogP contribution >= 0.6 is 0 Å². The van der Waals surface area contributed by atoms with Gasteiger partial charge in [0.15, 0.2) is 0 Å². The molecule has 0 aliphatic carbocycles. The van der Waals surface area contributed by atoms with E-state index in [-0.39, 0.29) is 0 Å². The van der Waals surface area contributed by atoms with Crippen molar-refractivity contribution in [1.82, 2.24) is 0 Å². The zero-order valence-electron chi connectivity index (χ0n) is 22.5. The average Bonchev–Trinajstić information content (AvgIpc) is 2.99. The number of nitrogens with two attached hydrogens (primary N) is 2. The topological polar surface area (TPSA) is 76.8 Å². The summed E-state index contributed by atoms with van der Waals surface area (Å²) in [4.78, 5) is 9.39. The molecule has 0 bridgehead atoms. The maximum Gasteiger partial charge on any atom is 0.0723 e. The smallest absolute Gasteiger partial charge is 0.0723 e. The van der Waals surface area contributed by atoms with Crippen molar-refractivity contribution in [2.45, 2.75) is 13.3 Å². The summed E-state index contributed by atoms with van der Waals surface area (Å²) in [6.45, 7) is 1.93. The normalized spacial score (nSPS) is 12.9. The lowest BCUT2D eigenvalue weighted by atomic mass is 9.99. The molecule has 0 amide bonds. The summed E-state index contributed by atoms with van der Waals surface area (Å²) in [5.41, 5.74) is 21.7. The Bertz CT molecular complexity index is 1530. The van der Waals surface area contributed by atoms with Crippen LogP contribution in [0.2, 0.25) is 0 Å². The minimum atomic E-state index is 0.749. The first-order chi connectivity index (χ1) is 19.1. The van der Waals surface area contributed by atoms with Crippen LogP contribution in [0.25, 0.3) is 16.8 Å². The van der Waals surface area contributed by atoms with Gasteiger partial charge < -0.3 is 11.5 Å². The molecule has 0 fully saturated rings. The van der Waals surface area contributed by atoms with E-state index in [1.54, 1.807) is 7.05 Å². The molecule has 0 atom stereocenters. The molecule has 0 unspecified atom stereocenters. The lowest BCUT2D eigenvalue weighted by molar-refractivity contribution is 1.25. The van der Waals surface area contributed by atoms with E-state index in [0.29, 0.717) is 0 Å². The molecular weight excluding hydrogens is 476 g/mol. The molecule has 0 saturated heterocycles. The SMILES string of the molecule is C/C=C(N)\C=C/Cc1ccc(N)c(-c2ccc(C=N/C(=C\C(=NC)c3ccccc3)c3ccccc3)cc2)c1. The molecule has 0 radical (unpaired) electrons. The molecule has 0 heterocycles. The molecule has 4 heteroatoms. The van der Waals surface area contributed by atoms with Crippen LogP contribution in [0.4, 0.5) is 5.69 Å². The largest absolute Gasteiger partial charge is 0.399 e. The Morgan fingerprint density at radius 2 is 1.49 bits per heavy atom. The Hall–Kier alpha value is -4.96. The van der Waals surface area contributed by atoms with E-state index in [4.69, 9.17) is 16.5 Å². The highest BCUT2D eigenvalue weighted by atomic mass is 14.7. The lowest BCUT2D eigenvalue weighted by Gasteiger charge is -2.09. The van der Waals surface area contributed by atoms with Crippen molar-refractivity contribution in [2.75, 3.05) is 12.8 Å². The van der Waals surface area contributed by atoms with Crippen LogP contribution < -0.4 is 11.5 Å². The zero-order chi connectivity index (χ0) is 27.5. The van der Waals surface area contributed by atoms with Crippen LogP contribution in [0.15, 0.2) is 143 Å². The fourth-order valence-corrected chi connectivity index (χ4v) is 4.12. The van der Waals surface area contributed by atoms with E-state index < -0.39 is 0 Å². The number of benzene rings is 4. The van der Waals surface area contributed by atoms with Crippen LogP contribution in [0.1, 0.15) is 29.2 Å². The maximum absolute atomic E-state index is 6.34. The van der Waals surface area contributed by atoms with Gasteiger partial charge in [0, 0.05) is 35.8 Å². The van der Waals surface area contributed by atoms with E-state index in [9.17, 15) is 0 Å². The second-order valence-electron chi connectivity index (χ2n) is 9.07. The Kier molecular flexibility index (Phi) is 9.41. The predicted molar refractivity (Wildman–Crippen MR) is 168 cm³/mol. The van der Waals surface area contributed by atoms with Gasteiger partial charge >= 0.3 is 0 Å². The first-order valence-electron chi connectivity index (χ1n) is 13.0. The second-order valence-corrected chi connectivity index (χ2v) is 9.07. The van der Waals surface area contributed by atoms with Crippen molar-refractivity contribution in [3.05, 3.63) is 155 Å². The molecule has 4 nitrogen and oxygen atoms in total. The van der Waals surface area contributed by atoms with E-state index in [2.05, 4.69) is 71.7 Å². The fourth-order valence-electron chi connectivity index (χ4n) is 4.12. The first-order valence-corrected chi connectivity index (χ1v) is 13.0. The van der Waals surface area contributed by atoms with E-state index >= 15 is 0 Å². The van der Waals surface area contributed by atoms with Gasteiger partial charge in [-0.1, -0.05) is 103 Å². The van der Waals surface area contributed by atoms with Crippen LogP contribution in [0, 0.1) is 0 Å². The Labute approximate surface area is 231 Å². The Morgan fingerprint density at radius 1 is 0.821 bits per heavy atom. The van der Waals surface area contributed by atoms with Crippen molar-refractivity contribution in [3.63, 3.8) is 0 Å². The first kappa shape index (κ1) is 27.1. The summed E-state index contributed by atoms with van der Waals surface area (Å²) in [7, 11) is 1.80. The number of allylic oxidation sites excluding steroid dienone is 4. The van der Waals surface area contributed by atoms with Gasteiger partial charge in [-0.05, 0) is 59.9 Å². The third kappa shape index (κ3) is 7.53. The molecule has 39 heavy (non-hydrogen) atoms. The van der Waals surface area contributed by atoms with Gasteiger partial charge in [0.05, 0.1) is 11.4 Å². The van der Waals surface area contributed by atoms with Crippen molar-refractivity contribution in [1.29, 1.82) is 0 Å². The minimum absolute atomic E-state index is 0.749. The number of nitrogens with zero attached hydrogens (tertiary/aromatic N) is 2. The standard InChI is InChI=1S/C35H34N4/c1-3-31(36)16-10-11-26-19-22-33(37)32(23-26)28-20-17-27(18-21-28)25-39-35(30-14-8-5-9-15-30)24-34(38-2)29-12-6-4-7-13-29/h3-10,12-25H,11,36-37H2,1-2H3/b16-10-,31-3+,35-24-,38-34?,39-25?. The van der Waals surface area contributed by atoms with Crippen molar-refractivity contribution in [2.24, 2.45) is 15.7 Å². The minimum Gasteiger partial charge on any atom is -0.399 e. The predicted octanol–water partition coefficient (Wildman–Crippen LogP) is 7.48. The highest BCUT2D eigenvalue weighted by Gasteiger charge is 2.06. The lowest BCUT2D eigenvalue weighted by Crippen LogP contribution is -1.98. The summed E-state index contributed by atoms with van der Waals surface area (Å²) >= 11 is 0. The van der Waals surface area contributed by atoms with Gasteiger partial charge in [0.1, 0.15) is 0 Å². The van der Waals surface area contributed by atoms with E-state index in [0.717, 1.165) is 57.0 Å². The second kappa shape index (κ2) is 13.5. The van der Waals surface area contributed by atoms with E-state index in [1.807, 2.05) is 73.8 Å². The quantitative estimate of drug-likeness (QED) is 0.139. The molecule has 4 aromatic carbocycles. The van der Waals surface area contributed by atoms with Crippen molar-refractivity contribution < 1.29 is 0 Å². The summed E-state index contributed by atoms with van der Waals surface area (Å²) < 4.78 is 0. The third-order valence-corrected chi connectivity index (χ3v) is 6.34. The molecule has 0 aliphatic rings. The number of rotatable bonds is 9. The number of aliphatic imine (C=N–C) groups is 2. The average molecular weight is 511 g/mol. The molecule has 4 rings (SSSR count). The number of hydrogen-bond donors (Lipinski definition) is 2. The third-order valence-electron chi connectivity index (χ3n) is 6.34. The molecule has 4 N–H and O–H groups in total. The highest BCUT2D eigenvalue weighted by molar-refractivity contribution is 6.12. The molecule has 0 aromatic heterocycles. The van der Waals surface area contributed by atoms with Crippen LogP contribution in [0.5, 0.6) is 0 Å². The Morgan fingerprint density at radius 3 is 2.13 bits per heavy atom. The summed E-state index contributed by atoms with van der Waals surface area (Å²) in [6.07, 6.45) is 10.6. The number of anilines is 1. The number of hydrogen-bond acceptors (Lipinski definition) is 4. The summed E-state index contributed by atoms with van der Waals surface area (Å²) in [5.74, 6) is 0. The molecular formula is C35H34N4. The van der Waals surface area contributed by atoms with Crippen molar-refractivity contribution >= 4 is 23.3 Å². The van der Waals surface area contributed by atoms with Gasteiger partial charge in [0.25, 0.3) is 0 Å². The van der Waals surface area contributed by atoms with Gasteiger partial charge in [-0.15, -0.1) is 0 Å². The van der Waals surface area contributed by atoms with Crippen LogP contribution in [0.3, 0.4) is 0 Å². The molecule has 0 aliphatic heterocycles. The van der Waals surface area contributed by atoms with Crippen LogP contribution in [-0.2, 0) is 6.42 Å². The van der Waals surface area contributed by atoms with E-state index in [1.165, 1.54) is 5.56 Å². The summed E-state index contributed by atoms with van der Waals surface area (Å²) in [5, 5.41) is 0. The van der Waals surface area contributed by atoms with Gasteiger partial charge in [0.2, 0.25) is 0 Å². The zero-order valence-corrected chi connectivity index (χ0v) is 22.5. The Balaban J connectivity index is 1.58.